The maximum atomic E-state index is 12.5. The monoisotopic (exact) mass is 436 g/mol. The van der Waals surface area contributed by atoms with Gasteiger partial charge in [0, 0.05) is 18.1 Å². The fourth-order valence-corrected chi connectivity index (χ4v) is 3.81. The summed E-state index contributed by atoms with van der Waals surface area (Å²) in [5.74, 6) is -0.839. The van der Waals surface area contributed by atoms with Crippen molar-refractivity contribution in [3.8, 4) is 0 Å². The molecule has 0 spiro atoms. The van der Waals surface area contributed by atoms with E-state index < -0.39 is 21.6 Å². The zero-order valence-corrected chi connectivity index (χ0v) is 17.0. The third kappa shape index (κ3) is 4.43. The lowest BCUT2D eigenvalue weighted by Crippen LogP contribution is -2.16. The van der Waals surface area contributed by atoms with Crippen LogP contribution >= 0.6 is 0 Å². The highest BCUT2D eigenvalue weighted by Crippen LogP contribution is 2.18. The van der Waals surface area contributed by atoms with Crippen molar-refractivity contribution in [3.05, 3.63) is 88.7 Å². The molecule has 0 saturated heterocycles. The molecular formula is C21H16N4O5S. The molecule has 0 aliphatic rings. The second-order valence-electron chi connectivity index (χ2n) is 6.65. The van der Waals surface area contributed by atoms with E-state index >= 15 is 0 Å². The normalized spacial score (nSPS) is 11.3. The molecule has 2 aromatic carbocycles. The standard InChI is InChI=1S/C21H16N4O5S/c1-13-3-4-14-12-18(30-20(27)17(14)11-13)19(26)24-15-5-7-16(8-6-15)31(28,29)25-21-22-9-2-10-23-21/h2-12H,1H3,(H,24,26)(H,22,23,25). The lowest BCUT2D eigenvalue weighted by atomic mass is 10.1. The Bertz CT molecular complexity index is 1430. The molecule has 10 heteroatoms. The molecule has 4 aromatic rings. The minimum atomic E-state index is -3.89. The van der Waals surface area contributed by atoms with Crippen molar-refractivity contribution in [2.75, 3.05) is 10.0 Å². The molecule has 31 heavy (non-hydrogen) atoms. The molecule has 0 aliphatic heterocycles. The van der Waals surface area contributed by atoms with Crippen LogP contribution < -0.4 is 15.7 Å². The van der Waals surface area contributed by atoms with E-state index in [9.17, 15) is 18.0 Å². The van der Waals surface area contributed by atoms with E-state index in [1.807, 2.05) is 13.0 Å². The van der Waals surface area contributed by atoms with Crippen molar-refractivity contribution in [1.82, 2.24) is 9.97 Å². The number of hydrogen-bond donors (Lipinski definition) is 2. The number of hydrogen-bond acceptors (Lipinski definition) is 7. The van der Waals surface area contributed by atoms with Crippen molar-refractivity contribution in [2.24, 2.45) is 0 Å². The highest BCUT2D eigenvalue weighted by atomic mass is 32.2. The Hall–Kier alpha value is -4.05. The molecule has 0 radical (unpaired) electrons. The zero-order valence-electron chi connectivity index (χ0n) is 16.2. The molecule has 0 saturated carbocycles. The van der Waals surface area contributed by atoms with Crippen molar-refractivity contribution in [2.45, 2.75) is 11.8 Å². The Morgan fingerprint density at radius 2 is 1.71 bits per heavy atom. The molecule has 0 unspecified atom stereocenters. The fraction of sp³-hybridized carbons (Fsp3) is 0.0476. The largest absolute Gasteiger partial charge is 0.417 e. The molecule has 0 bridgehead atoms. The maximum Gasteiger partial charge on any atom is 0.344 e. The molecule has 0 fully saturated rings. The van der Waals surface area contributed by atoms with Crippen LogP contribution in [0.3, 0.4) is 0 Å². The summed E-state index contributed by atoms with van der Waals surface area (Å²) in [5.41, 5.74) is 0.619. The van der Waals surface area contributed by atoms with Crippen LogP contribution in [0, 0.1) is 6.92 Å². The van der Waals surface area contributed by atoms with Gasteiger partial charge in [0.15, 0.2) is 5.76 Å². The van der Waals surface area contributed by atoms with Gasteiger partial charge in [0.1, 0.15) is 0 Å². The van der Waals surface area contributed by atoms with Gasteiger partial charge in [-0.25, -0.2) is 27.9 Å². The number of sulfonamides is 1. The van der Waals surface area contributed by atoms with E-state index in [0.29, 0.717) is 16.5 Å². The third-order valence-corrected chi connectivity index (χ3v) is 5.70. The first kappa shape index (κ1) is 20.2. The smallest absolute Gasteiger partial charge is 0.344 e. The van der Waals surface area contributed by atoms with Gasteiger partial charge in [-0.05, 0) is 54.8 Å². The molecule has 9 nitrogen and oxygen atoms in total. The van der Waals surface area contributed by atoms with Gasteiger partial charge in [0.25, 0.3) is 15.9 Å². The summed E-state index contributed by atoms with van der Waals surface area (Å²) in [6, 6.07) is 13.8. The number of carbonyl (C=O) groups excluding carboxylic acids is 1. The summed E-state index contributed by atoms with van der Waals surface area (Å²) in [6.45, 7) is 1.85. The summed E-state index contributed by atoms with van der Waals surface area (Å²) in [4.78, 5) is 32.3. The van der Waals surface area contributed by atoms with Gasteiger partial charge in [0.2, 0.25) is 5.95 Å². The van der Waals surface area contributed by atoms with Crippen LogP contribution in [0.4, 0.5) is 11.6 Å². The lowest BCUT2D eigenvalue weighted by Gasteiger charge is -2.08. The summed E-state index contributed by atoms with van der Waals surface area (Å²) in [6.07, 6.45) is 2.83. The quantitative estimate of drug-likeness (QED) is 0.492. The molecule has 1 amide bonds. The number of benzene rings is 2. The SMILES string of the molecule is Cc1ccc2cc(C(=O)Nc3ccc(S(=O)(=O)Nc4ncccn4)cc3)oc(=O)c2c1. The summed E-state index contributed by atoms with van der Waals surface area (Å²) in [5, 5.41) is 3.55. The van der Waals surface area contributed by atoms with Crippen LogP contribution in [0.15, 0.2) is 81.1 Å². The maximum absolute atomic E-state index is 12.5. The molecule has 0 atom stereocenters. The molecule has 2 aromatic heterocycles. The summed E-state index contributed by atoms with van der Waals surface area (Å²) in [7, 11) is -3.89. The predicted molar refractivity (Wildman–Crippen MR) is 114 cm³/mol. The Balaban J connectivity index is 1.52. The molecule has 156 valence electrons. The topological polar surface area (TPSA) is 131 Å². The lowest BCUT2D eigenvalue weighted by molar-refractivity contribution is 0.0993. The Morgan fingerprint density at radius 1 is 1.00 bits per heavy atom. The second kappa shape index (κ2) is 8.00. The highest BCUT2D eigenvalue weighted by Gasteiger charge is 2.17. The average Bonchev–Trinajstić information content (AvgIpc) is 2.75. The number of nitrogens with zero attached hydrogens (tertiary/aromatic N) is 2. The van der Waals surface area contributed by atoms with Crippen LogP contribution in [0.5, 0.6) is 0 Å². The van der Waals surface area contributed by atoms with Crippen LogP contribution in [0.1, 0.15) is 16.1 Å². The van der Waals surface area contributed by atoms with Gasteiger partial charge in [-0.15, -0.1) is 0 Å². The number of carbonyl (C=O) groups is 1. The van der Waals surface area contributed by atoms with E-state index in [1.165, 1.54) is 42.7 Å². The zero-order chi connectivity index (χ0) is 22.0. The van der Waals surface area contributed by atoms with E-state index in [1.54, 1.807) is 18.2 Å². The Labute approximate surface area is 176 Å². The molecule has 0 aliphatic carbocycles. The van der Waals surface area contributed by atoms with Gasteiger partial charge < -0.3 is 9.73 Å². The summed E-state index contributed by atoms with van der Waals surface area (Å²) >= 11 is 0. The number of amides is 1. The molecule has 2 heterocycles. The van der Waals surface area contributed by atoms with Crippen LogP contribution in [-0.4, -0.2) is 24.3 Å². The van der Waals surface area contributed by atoms with E-state index in [-0.39, 0.29) is 16.6 Å². The minimum Gasteiger partial charge on any atom is -0.417 e. The van der Waals surface area contributed by atoms with Gasteiger partial charge in [-0.2, -0.15) is 0 Å². The van der Waals surface area contributed by atoms with Gasteiger partial charge in [-0.1, -0.05) is 17.7 Å². The Kier molecular flexibility index (Phi) is 5.22. The van der Waals surface area contributed by atoms with Crippen LogP contribution in [0.25, 0.3) is 10.8 Å². The molecule has 4 rings (SSSR count). The van der Waals surface area contributed by atoms with Crippen molar-refractivity contribution in [1.29, 1.82) is 0 Å². The number of aromatic nitrogens is 2. The number of anilines is 2. The molecule has 2 N–H and O–H groups in total. The summed E-state index contributed by atoms with van der Waals surface area (Å²) < 4.78 is 32.2. The second-order valence-corrected chi connectivity index (χ2v) is 8.33. The number of aryl methyl sites for hydroxylation is 1. The van der Waals surface area contributed by atoms with Crippen LogP contribution in [-0.2, 0) is 10.0 Å². The first-order valence-corrected chi connectivity index (χ1v) is 10.6. The molecular weight excluding hydrogens is 420 g/mol. The van der Waals surface area contributed by atoms with E-state index in [2.05, 4.69) is 20.0 Å². The van der Waals surface area contributed by atoms with Crippen molar-refractivity contribution in [3.63, 3.8) is 0 Å². The van der Waals surface area contributed by atoms with Gasteiger partial charge in [0.05, 0.1) is 10.3 Å². The van der Waals surface area contributed by atoms with Crippen molar-refractivity contribution < 1.29 is 17.6 Å². The van der Waals surface area contributed by atoms with E-state index in [0.717, 1.165) is 5.56 Å². The highest BCUT2D eigenvalue weighted by molar-refractivity contribution is 7.92. The first-order valence-electron chi connectivity index (χ1n) is 9.08. The number of rotatable bonds is 5. The minimum absolute atomic E-state index is 0.0365. The van der Waals surface area contributed by atoms with E-state index in [4.69, 9.17) is 4.42 Å². The predicted octanol–water partition coefficient (Wildman–Crippen LogP) is 2.94. The third-order valence-electron chi connectivity index (χ3n) is 4.36. The first-order chi connectivity index (χ1) is 14.8. The van der Waals surface area contributed by atoms with Crippen LogP contribution in [0.2, 0.25) is 0 Å². The van der Waals surface area contributed by atoms with Gasteiger partial charge >= 0.3 is 5.63 Å². The Morgan fingerprint density at radius 3 is 2.42 bits per heavy atom. The van der Waals surface area contributed by atoms with Gasteiger partial charge in [-0.3, -0.25) is 4.79 Å². The van der Waals surface area contributed by atoms with Crippen molar-refractivity contribution >= 4 is 38.3 Å². The number of fused-ring (bicyclic) bond motifs is 1. The fourth-order valence-electron chi connectivity index (χ4n) is 2.85. The number of nitrogens with one attached hydrogen (secondary N) is 2. The average molecular weight is 436 g/mol.